The second-order valence-electron chi connectivity index (χ2n) is 5.03. The van der Waals surface area contributed by atoms with Crippen molar-refractivity contribution in [2.24, 2.45) is 5.92 Å². The van der Waals surface area contributed by atoms with Gasteiger partial charge in [0.2, 0.25) is 5.91 Å². The van der Waals surface area contributed by atoms with Gasteiger partial charge in [-0.3, -0.25) is 4.79 Å². The molecule has 1 fully saturated rings. The molecule has 2 N–H and O–H groups in total. The highest BCUT2D eigenvalue weighted by molar-refractivity contribution is 7.11. The zero-order valence-electron chi connectivity index (χ0n) is 10.9. The minimum atomic E-state index is -1.04. The monoisotopic (exact) mass is 282 g/mol. The summed E-state index contributed by atoms with van der Waals surface area (Å²) in [5, 5.41) is 12.1. The number of hydrogen-bond donors (Lipinski definition) is 2. The Labute approximate surface area is 116 Å². The van der Waals surface area contributed by atoms with E-state index in [1.807, 2.05) is 0 Å². The van der Waals surface area contributed by atoms with Gasteiger partial charge in [-0.25, -0.2) is 4.79 Å². The number of hydrogen-bond acceptors (Lipinski definition) is 4. The number of carbonyl (C=O) groups excluding carboxylic acids is 1. The summed E-state index contributed by atoms with van der Waals surface area (Å²) in [7, 11) is 0. The summed E-state index contributed by atoms with van der Waals surface area (Å²) in [5.74, 6) is -0.701. The number of aromatic nitrogens is 1. The van der Waals surface area contributed by atoms with Gasteiger partial charge in [-0.2, -0.15) is 4.37 Å². The van der Waals surface area contributed by atoms with E-state index in [-0.39, 0.29) is 11.5 Å². The Kier molecular flexibility index (Phi) is 4.52. The van der Waals surface area contributed by atoms with E-state index in [0.29, 0.717) is 23.0 Å². The van der Waals surface area contributed by atoms with E-state index in [2.05, 4.69) is 9.69 Å². The Morgan fingerprint density at radius 2 is 2.05 bits per heavy atom. The summed E-state index contributed by atoms with van der Waals surface area (Å²) in [5.41, 5.74) is 0.562. The number of carbonyl (C=O) groups is 2. The molecule has 0 aromatic carbocycles. The van der Waals surface area contributed by atoms with Crippen molar-refractivity contribution in [3.05, 3.63) is 11.3 Å². The Morgan fingerprint density at radius 3 is 2.68 bits per heavy atom. The van der Waals surface area contributed by atoms with Crippen LogP contribution in [0.4, 0.5) is 5.00 Å². The second kappa shape index (κ2) is 6.14. The summed E-state index contributed by atoms with van der Waals surface area (Å²) < 4.78 is 3.98. The van der Waals surface area contributed by atoms with E-state index in [9.17, 15) is 9.59 Å². The normalized spacial score (nSPS) is 16.3. The number of nitrogens with zero attached hydrogens (tertiary/aromatic N) is 1. The quantitative estimate of drug-likeness (QED) is 0.889. The van der Waals surface area contributed by atoms with Gasteiger partial charge in [0, 0.05) is 6.42 Å². The number of rotatable bonds is 4. The SMILES string of the molecule is Cc1nsc(NC(=O)CC2CCCCC2)c1C(=O)O. The molecule has 1 heterocycles. The lowest BCUT2D eigenvalue weighted by Crippen LogP contribution is -2.19. The second-order valence-corrected chi connectivity index (χ2v) is 5.81. The molecule has 1 aliphatic rings. The van der Waals surface area contributed by atoms with Gasteiger partial charge in [0.25, 0.3) is 0 Å². The lowest BCUT2D eigenvalue weighted by atomic mass is 9.87. The van der Waals surface area contributed by atoms with Crippen molar-refractivity contribution in [1.29, 1.82) is 0 Å². The molecule has 2 rings (SSSR count). The van der Waals surface area contributed by atoms with Gasteiger partial charge in [0.05, 0.1) is 5.69 Å². The molecule has 0 bridgehead atoms. The highest BCUT2D eigenvalue weighted by atomic mass is 32.1. The van der Waals surface area contributed by atoms with E-state index < -0.39 is 5.97 Å². The maximum Gasteiger partial charge on any atom is 0.340 e. The molecule has 0 aliphatic heterocycles. The molecule has 1 saturated carbocycles. The van der Waals surface area contributed by atoms with Crippen molar-refractivity contribution < 1.29 is 14.7 Å². The first-order chi connectivity index (χ1) is 9.08. The van der Waals surface area contributed by atoms with Crippen LogP contribution in [0.3, 0.4) is 0 Å². The first-order valence-corrected chi connectivity index (χ1v) is 7.34. The lowest BCUT2D eigenvalue weighted by Gasteiger charge is -2.20. The first kappa shape index (κ1) is 14.0. The van der Waals surface area contributed by atoms with Gasteiger partial charge in [0.1, 0.15) is 10.6 Å². The number of aryl methyl sites for hydroxylation is 1. The smallest absolute Gasteiger partial charge is 0.340 e. The highest BCUT2D eigenvalue weighted by Gasteiger charge is 2.21. The van der Waals surface area contributed by atoms with Crippen molar-refractivity contribution >= 4 is 28.4 Å². The Bertz CT molecular complexity index is 478. The zero-order valence-corrected chi connectivity index (χ0v) is 11.8. The predicted octanol–water partition coefficient (Wildman–Crippen LogP) is 3.06. The molecule has 1 amide bonds. The van der Waals surface area contributed by atoms with Crippen molar-refractivity contribution in [3.8, 4) is 0 Å². The molecule has 0 atom stereocenters. The van der Waals surface area contributed by atoms with Crippen LogP contribution in [0.15, 0.2) is 0 Å². The van der Waals surface area contributed by atoms with Crippen LogP contribution < -0.4 is 5.32 Å². The van der Waals surface area contributed by atoms with Crippen LogP contribution >= 0.6 is 11.5 Å². The van der Waals surface area contributed by atoms with Crippen LogP contribution in [0.25, 0.3) is 0 Å². The van der Waals surface area contributed by atoms with Crippen LogP contribution in [0.1, 0.15) is 54.6 Å². The number of nitrogens with one attached hydrogen (secondary N) is 1. The van der Waals surface area contributed by atoms with Crippen LogP contribution in [0.5, 0.6) is 0 Å². The minimum absolute atomic E-state index is 0.0990. The van der Waals surface area contributed by atoms with E-state index >= 15 is 0 Å². The molecule has 5 nitrogen and oxygen atoms in total. The third-order valence-electron chi connectivity index (χ3n) is 3.53. The zero-order chi connectivity index (χ0) is 13.8. The summed E-state index contributed by atoms with van der Waals surface area (Å²) >= 11 is 1.03. The first-order valence-electron chi connectivity index (χ1n) is 6.57. The van der Waals surface area contributed by atoms with Crippen LogP contribution in [-0.4, -0.2) is 21.4 Å². The summed E-state index contributed by atoms with van der Waals surface area (Å²) in [6.45, 7) is 1.64. The topological polar surface area (TPSA) is 79.3 Å². The number of carboxylic acids is 1. The summed E-state index contributed by atoms with van der Waals surface area (Å²) in [6, 6.07) is 0. The molecule has 1 aromatic rings. The number of aromatic carboxylic acids is 1. The fourth-order valence-corrected chi connectivity index (χ4v) is 3.34. The maximum absolute atomic E-state index is 11.9. The Hall–Kier alpha value is -1.43. The maximum atomic E-state index is 11.9. The summed E-state index contributed by atoms with van der Waals surface area (Å²) in [4.78, 5) is 23.0. The fourth-order valence-electron chi connectivity index (χ4n) is 2.54. The predicted molar refractivity (Wildman–Crippen MR) is 73.6 cm³/mol. The molecule has 1 aromatic heterocycles. The molecule has 0 saturated heterocycles. The van der Waals surface area contributed by atoms with Crippen molar-refractivity contribution in [2.45, 2.75) is 45.4 Å². The van der Waals surface area contributed by atoms with Gasteiger partial charge >= 0.3 is 5.97 Å². The van der Waals surface area contributed by atoms with Crippen molar-refractivity contribution in [1.82, 2.24) is 4.37 Å². The number of carboxylic acid groups (broad SMARTS) is 1. The molecule has 1 aliphatic carbocycles. The van der Waals surface area contributed by atoms with Crippen LogP contribution in [0.2, 0.25) is 0 Å². The molecule has 0 radical (unpaired) electrons. The van der Waals surface area contributed by atoms with E-state index in [1.54, 1.807) is 6.92 Å². The highest BCUT2D eigenvalue weighted by Crippen LogP contribution is 2.28. The molecule has 104 valence electrons. The van der Waals surface area contributed by atoms with Crippen LogP contribution in [-0.2, 0) is 4.79 Å². The van der Waals surface area contributed by atoms with Crippen molar-refractivity contribution in [2.75, 3.05) is 5.32 Å². The largest absolute Gasteiger partial charge is 0.478 e. The summed E-state index contributed by atoms with van der Waals surface area (Å²) in [6.07, 6.45) is 6.32. The Balaban J connectivity index is 1.96. The van der Waals surface area contributed by atoms with E-state index in [0.717, 1.165) is 24.4 Å². The van der Waals surface area contributed by atoms with E-state index in [1.165, 1.54) is 19.3 Å². The number of anilines is 1. The third kappa shape index (κ3) is 3.53. The molecule has 0 unspecified atom stereocenters. The molecular weight excluding hydrogens is 264 g/mol. The molecule has 6 heteroatoms. The lowest BCUT2D eigenvalue weighted by molar-refractivity contribution is -0.117. The third-order valence-corrected chi connectivity index (χ3v) is 4.38. The minimum Gasteiger partial charge on any atom is -0.478 e. The average molecular weight is 282 g/mol. The van der Waals surface area contributed by atoms with E-state index in [4.69, 9.17) is 5.11 Å². The van der Waals surface area contributed by atoms with Gasteiger partial charge in [-0.1, -0.05) is 19.3 Å². The Morgan fingerprint density at radius 1 is 1.37 bits per heavy atom. The van der Waals surface area contributed by atoms with Gasteiger partial charge in [-0.05, 0) is 37.2 Å². The van der Waals surface area contributed by atoms with Gasteiger partial charge in [-0.15, -0.1) is 0 Å². The molecule has 0 spiro atoms. The standard InChI is InChI=1S/C13H18N2O3S/c1-8-11(13(17)18)12(19-15-8)14-10(16)7-9-5-3-2-4-6-9/h9H,2-7H2,1H3,(H,14,16)(H,17,18). The van der Waals surface area contributed by atoms with Crippen LogP contribution in [0, 0.1) is 12.8 Å². The molecule has 19 heavy (non-hydrogen) atoms. The number of amides is 1. The van der Waals surface area contributed by atoms with Crippen molar-refractivity contribution in [3.63, 3.8) is 0 Å². The fraction of sp³-hybridized carbons (Fsp3) is 0.615. The average Bonchev–Trinajstić information content (AvgIpc) is 2.71. The van der Waals surface area contributed by atoms with Gasteiger partial charge < -0.3 is 10.4 Å². The molecular formula is C13H18N2O3S. The van der Waals surface area contributed by atoms with Gasteiger partial charge in [0.15, 0.2) is 0 Å².